The van der Waals surface area contributed by atoms with Crippen LogP contribution in [0.4, 0.5) is 0 Å². The second-order valence-electron chi connectivity index (χ2n) is 4.77. The lowest BCUT2D eigenvalue weighted by atomic mass is 9.97. The number of carbonyl (C=O) groups is 1. The number of benzene rings is 2. The molecule has 1 heterocycles. The fourth-order valence-corrected chi connectivity index (χ4v) is 2.33. The van der Waals surface area contributed by atoms with Crippen LogP contribution in [0.5, 0.6) is 5.75 Å². The molecule has 0 aliphatic rings. The van der Waals surface area contributed by atoms with Crippen LogP contribution in [0, 0.1) is 0 Å². The molecular weight excluding hydrogens is 280 g/mol. The minimum absolute atomic E-state index is 0.215. The molecule has 0 amide bonds. The second-order valence-corrected chi connectivity index (χ2v) is 4.77. The van der Waals surface area contributed by atoms with Crippen LogP contribution < -0.4 is 4.74 Å². The summed E-state index contributed by atoms with van der Waals surface area (Å²) in [7, 11) is 1.62. The summed E-state index contributed by atoms with van der Waals surface area (Å²) >= 11 is 0. The number of aromatic carboxylic acids is 1. The molecule has 0 unspecified atom stereocenters. The zero-order chi connectivity index (χ0) is 15.5. The van der Waals surface area contributed by atoms with Crippen LogP contribution in [0.15, 0.2) is 65.3 Å². The molecule has 110 valence electrons. The van der Waals surface area contributed by atoms with E-state index in [0.717, 1.165) is 16.9 Å². The lowest BCUT2D eigenvalue weighted by molar-refractivity contribution is 0.0697. The first-order valence-corrected chi connectivity index (χ1v) is 6.74. The van der Waals surface area contributed by atoms with Gasteiger partial charge >= 0.3 is 5.97 Å². The molecule has 4 heteroatoms. The van der Waals surface area contributed by atoms with Crippen molar-refractivity contribution in [1.82, 2.24) is 0 Å². The number of carboxylic acid groups (broad SMARTS) is 1. The SMILES string of the molecule is COc1ccc(-c2ccc(C(=O)O)c(-c3ccco3)c2)cc1. The van der Waals surface area contributed by atoms with Crippen LogP contribution in [0.2, 0.25) is 0 Å². The van der Waals surface area contributed by atoms with Crippen molar-refractivity contribution >= 4 is 5.97 Å². The molecule has 0 radical (unpaired) electrons. The third kappa shape index (κ3) is 2.59. The summed E-state index contributed by atoms with van der Waals surface area (Å²) in [5.41, 5.74) is 2.67. The largest absolute Gasteiger partial charge is 0.497 e. The van der Waals surface area contributed by atoms with Crippen molar-refractivity contribution in [3.63, 3.8) is 0 Å². The number of ether oxygens (including phenoxy) is 1. The molecule has 3 rings (SSSR count). The number of hydrogen-bond acceptors (Lipinski definition) is 3. The zero-order valence-electron chi connectivity index (χ0n) is 11.9. The van der Waals surface area contributed by atoms with Gasteiger partial charge in [0.25, 0.3) is 0 Å². The lowest BCUT2D eigenvalue weighted by Crippen LogP contribution is -1.99. The predicted molar refractivity (Wildman–Crippen MR) is 83.1 cm³/mol. The maximum atomic E-state index is 11.4. The van der Waals surface area contributed by atoms with Crippen molar-refractivity contribution in [2.24, 2.45) is 0 Å². The zero-order valence-corrected chi connectivity index (χ0v) is 11.9. The van der Waals surface area contributed by atoms with E-state index in [9.17, 15) is 9.90 Å². The summed E-state index contributed by atoms with van der Waals surface area (Å²) in [6, 6.07) is 16.3. The van der Waals surface area contributed by atoms with Crippen LogP contribution in [-0.4, -0.2) is 18.2 Å². The van der Waals surface area contributed by atoms with Gasteiger partial charge in [-0.25, -0.2) is 4.79 Å². The van der Waals surface area contributed by atoms with Crippen molar-refractivity contribution in [3.05, 3.63) is 66.4 Å². The van der Waals surface area contributed by atoms with Crippen LogP contribution in [-0.2, 0) is 0 Å². The molecule has 3 aromatic rings. The Hall–Kier alpha value is -3.01. The van der Waals surface area contributed by atoms with Gasteiger partial charge in [0.2, 0.25) is 0 Å². The van der Waals surface area contributed by atoms with Crippen LogP contribution in [0.3, 0.4) is 0 Å². The van der Waals surface area contributed by atoms with Gasteiger partial charge in [-0.3, -0.25) is 0 Å². The lowest BCUT2D eigenvalue weighted by Gasteiger charge is -2.08. The highest BCUT2D eigenvalue weighted by atomic mass is 16.5. The second kappa shape index (κ2) is 5.77. The number of methoxy groups -OCH3 is 1. The van der Waals surface area contributed by atoms with Gasteiger partial charge in [0.05, 0.1) is 18.9 Å². The fourth-order valence-electron chi connectivity index (χ4n) is 2.33. The molecule has 0 aliphatic heterocycles. The molecule has 0 bridgehead atoms. The summed E-state index contributed by atoms with van der Waals surface area (Å²) in [6.45, 7) is 0. The van der Waals surface area contributed by atoms with Gasteiger partial charge in [-0.05, 0) is 47.5 Å². The Morgan fingerprint density at radius 3 is 2.36 bits per heavy atom. The summed E-state index contributed by atoms with van der Waals surface area (Å²) in [4.78, 5) is 11.4. The molecule has 0 spiro atoms. The normalized spacial score (nSPS) is 10.4. The fraction of sp³-hybridized carbons (Fsp3) is 0.0556. The third-order valence-electron chi connectivity index (χ3n) is 3.46. The number of furan rings is 1. The molecule has 0 saturated heterocycles. The van der Waals surface area contributed by atoms with E-state index in [2.05, 4.69) is 0 Å². The van der Waals surface area contributed by atoms with Gasteiger partial charge in [-0.1, -0.05) is 18.2 Å². The Bertz CT molecular complexity index is 786. The molecule has 1 aromatic heterocycles. The van der Waals surface area contributed by atoms with E-state index in [-0.39, 0.29) is 5.56 Å². The first-order chi connectivity index (χ1) is 10.7. The Morgan fingerprint density at radius 1 is 1.05 bits per heavy atom. The van der Waals surface area contributed by atoms with E-state index in [4.69, 9.17) is 9.15 Å². The van der Waals surface area contributed by atoms with E-state index in [1.54, 1.807) is 31.4 Å². The minimum atomic E-state index is -0.979. The standard InChI is InChI=1S/C18H14O4/c1-21-14-7-4-12(5-8-14)13-6-9-15(18(19)20)16(11-13)17-3-2-10-22-17/h2-11H,1H3,(H,19,20). The molecule has 0 fully saturated rings. The smallest absolute Gasteiger partial charge is 0.336 e. The highest BCUT2D eigenvalue weighted by molar-refractivity contribution is 5.96. The predicted octanol–water partition coefficient (Wildman–Crippen LogP) is 4.32. The van der Waals surface area contributed by atoms with E-state index in [0.29, 0.717) is 11.3 Å². The van der Waals surface area contributed by atoms with Crippen molar-refractivity contribution < 1.29 is 19.1 Å². The summed E-state index contributed by atoms with van der Waals surface area (Å²) < 4.78 is 10.5. The first kappa shape index (κ1) is 13.9. The Morgan fingerprint density at radius 2 is 1.77 bits per heavy atom. The summed E-state index contributed by atoms with van der Waals surface area (Å²) in [5.74, 6) is 0.331. The van der Waals surface area contributed by atoms with E-state index in [1.165, 1.54) is 6.26 Å². The van der Waals surface area contributed by atoms with Crippen LogP contribution >= 0.6 is 0 Å². The summed E-state index contributed by atoms with van der Waals surface area (Å²) in [6.07, 6.45) is 1.53. The molecule has 0 aliphatic carbocycles. The average Bonchev–Trinajstić information content (AvgIpc) is 3.08. The summed E-state index contributed by atoms with van der Waals surface area (Å²) in [5, 5.41) is 9.34. The topological polar surface area (TPSA) is 59.7 Å². The van der Waals surface area contributed by atoms with Gasteiger partial charge < -0.3 is 14.3 Å². The van der Waals surface area contributed by atoms with Crippen molar-refractivity contribution in [3.8, 4) is 28.2 Å². The van der Waals surface area contributed by atoms with Gasteiger partial charge in [-0.15, -0.1) is 0 Å². The highest BCUT2D eigenvalue weighted by Gasteiger charge is 2.15. The Labute approximate surface area is 127 Å². The van der Waals surface area contributed by atoms with Crippen molar-refractivity contribution in [1.29, 1.82) is 0 Å². The van der Waals surface area contributed by atoms with Crippen molar-refractivity contribution in [2.45, 2.75) is 0 Å². The maximum Gasteiger partial charge on any atom is 0.336 e. The Kier molecular flexibility index (Phi) is 3.66. The van der Waals surface area contributed by atoms with Crippen LogP contribution in [0.1, 0.15) is 10.4 Å². The molecule has 0 atom stereocenters. The van der Waals surface area contributed by atoms with Gasteiger partial charge in [-0.2, -0.15) is 0 Å². The molecule has 2 aromatic carbocycles. The molecule has 4 nitrogen and oxygen atoms in total. The first-order valence-electron chi connectivity index (χ1n) is 6.74. The minimum Gasteiger partial charge on any atom is -0.497 e. The molecular formula is C18H14O4. The maximum absolute atomic E-state index is 11.4. The monoisotopic (exact) mass is 294 g/mol. The van der Waals surface area contributed by atoms with Gasteiger partial charge in [0.1, 0.15) is 11.5 Å². The third-order valence-corrected chi connectivity index (χ3v) is 3.46. The highest BCUT2D eigenvalue weighted by Crippen LogP contribution is 2.30. The molecule has 22 heavy (non-hydrogen) atoms. The Balaban J connectivity index is 2.10. The van der Waals surface area contributed by atoms with E-state index >= 15 is 0 Å². The van der Waals surface area contributed by atoms with Gasteiger partial charge in [0.15, 0.2) is 0 Å². The number of carboxylic acids is 1. The number of hydrogen-bond donors (Lipinski definition) is 1. The van der Waals surface area contributed by atoms with E-state index in [1.807, 2.05) is 30.3 Å². The molecule has 1 N–H and O–H groups in total. The van der Waals surface area contributed by atoms with Crippen molar-refractivity contribution in [2.75, 3.05) is 7.11 Å². The van der Waals surface area contributed by atoms with Gasteiger partial charge in [0, 0.05) is 5.56 Å². The average molecular weight is 294 g/mol. The number of rotatable bonds is 4. The molecule has 0 saturated carbocycles. The quantitative estimate of drug-likeness (QED) is 0.778. The van der Waals surface area contributed by atoms with Crippen LogP contribution in [0.25, 0.3) is 22.5 Å². The van der Waals surface area contributed by atoms with E-state index < -0.39 is 5.97 Å².